The summed E-state index contributed by atoms with van der Waals surface area (Å²) in [6.45, 7) is 10.1. The van der Waals surface area contributed by atoms with Crippen LogP contribution in [0.15, 0.2) is 22.8 Å². The molecular weight excluding hydrogens is 290 g/mol. The number of hydrogen-bond acceptors (Lipinski definition) is 5. The summed E-state index contributed by atoms with van der Waals surface area (Å²) in [7, 11) is 2.22. The monoisotopic (exact) mass is 319 g/mol. The standard InChI is InChI=1S/C18H29N3O2/c1-19-6-8-20(9-7-19)13-18-17-12-21(5-4-15(17)14-23-18)11-16-3-2-10-22-16/h2-3,10,15,17-18H,4-9,11-14H2,1H3/t15-,17-,18-/m1/s1. The Morgan fingerprint density at radius 1 is 1.13 bits per heavy atom. The Labute approximate surface area is 139 Å². The molecule has 0 saturated carbocycles. The molecular formula is C18H29N3O2. The zero-order valence-corrected chi connectivity index (χ0v) is 14.2. The van der Waals surface area contributed by atoms with E-state index in [9.17, 15) is 0 Å². The molecule has 128 valence electrons. The molecule has 0 amide bonds. The van der Waals surface area contributed by atoms with E-state index in [0.29, 0.717) is 12.0 Å². The lowest BCUT2D eigenvalue weighted by Crippen LogP contribution is -2.49. The quantitative estimate of drug-likeness (QED) is 0.837. The van der Waals surface area contributed by atoms with Crippen LogP contribution >= 0.6 is 0 Å². The van der Waals surface area contributed by atoms with E-state index in [0.717, 1.165) is 37.9 Å². The van der Waals surface area contributed by atoms with E-state index in [-0.39, 0.29) is 0 Å². The largest absolute Gasteiger partial charge is 0.468 e. The van der Waals surface area contributed by atoms with Gasteiger partial charge >= 0.3 is 0 Å². The molecule has 4 heterocycles. The fourth-order valence-electron chi connectivity index (χ4n) is 4.34. The molecule has 0 bridgehead atoms. The summed E-state index contributed by atoms with van der Waals surface area (Å²) in [4.78, 5) is 7.56. The van der Waals surface area contributed by atoms with E-state index in [2.05, 4.69) is 27.8 Å². The summed E-state index contributed by atoms with van der Waals surface area (Å²) >= 11 is 0. The number of furan rings is 1. The zero-order chi connectivity index (χ0) is 15.6. The number of fused-ring (bicyclic) bond motifs is 1. The van der Waals surface area contributed by atoms with Crippen LogP contribution < -0.4 is 0 Å². The fraction of sp³-hybridized carbons (Fsp3) is 0.778. The molecule has 3 aliphatic rings. The number of hydrogen-bond donors (Lipinski definition) is 0. The summed E-state index contributed by atoms with van der Waals surface area (Å²) in [5, 5.41) is 0. The van der Waals surface area contributed by atoms with Gasteiger partial charge in [-0.25, -0.2) is 0 Å². The van der Waals surface area contributed by atoms with Crippen molar-refractivity contribution in [1.82, 2.24) is 14.7 Å². The van der Waals surface area contributed by atoms with E-state index >= 15 is 0 Å². The molecule has 1 aromatic heterocycles. The Kier molecular flexibility index (Phi) is 4.71. The topological polar surface area (TPSA) is 32.1 Å². The maximum Gasteiger partial charge on any atom is 0.117 e. The van der Waals surface area contributed by atoms with Gasteiger partial charge in [-0.1, -0.05) is 0 Å². The van der Waals surface area contributed by atoms with Gasteiger partial charge in [-0.3, -0.25) is 9.80 Å². The van der Waals surface area contributed by atoms with Crippen molar-refractivity contribution >= 4 is 0 Å². The van der Waals surface area contributed by atoms with Crippen molar-refractivity contribution in [3.05, 3.63) is 24.2 Å². The number of piperidine rings is 1. The van der Waals surface area contributed by atoms with E-state index in [4.69, 9.17) is 9.15 Å². The van der Waals surface area contributed by atoms with Gasteiger partial charge in [0.2, 0.25) is 0 Å². The van der Waals surface area contributed by atoms with Crippen molar-refractivity contribution < 1.29 is 9.15 Å². The van der Waals surface area contributed by atoms with Gasteiger partial charge in [0.15, 0.2) is 0 Å². The molecule has 0 aromatic carbocycles. The predicted octanol–water partition coefficient (Wildman–Crippen LogP) is 1.36. The number of rotatable bonds is 4. The molecule has 3 fully saturated rings. The van der Waals surface area contributed by atoms with Gasteiger partial charge in [0.1, 0.15) is 5.76 Å². The van der Waals surface area contributed by atoms with Crippen LogP contribution in [-0.4, -0.2) is 80.3 Å². The Morgan fingerprint density at radius 3 is 2.78 bits per heavy atom. The molecule has 4 rings (SSSR count). The number of likely N-dealkylation sites (N-methyl/N-ethyl adjacent to an activating group) is 1. The highest BCUT2D eigenvalue weighted by atomic mass is 16.5. The van der Waals surface area contributed by atoms with Crippen LogP contribution in [0.2, 0.25) is 0 Å². The van der Waals surface area contributed by atoms with Gasteiger partial charge in [-0.15, -0.1) is 0 Å². The van der Waals surface area contributed by atoms with Crippen LogP contribution in [0.4, 0.5) is 0 Å². The molecule has 3 aliphatic heterocycles. The first-order valence-electron chi connectivity index (χ1n) is 9.05. The summed E-state index contributed by atoms with van der Waals surface area (Å²) < 4.78 is 11.7. The van der Waals surface area contributed by atoms with Crippen LogP contribution in [0.1, 0.15) is 12.2 Å². The second-order valence-corrected chi connectivity index (χ2v) is 7.50. The lowest BCUT2D eigenvalue weighted by Gasteiger charge is -2.38. The van der Waals surface area contributed by atoms with Crippen molar-refractivity contribution in [3.63, 3.8) is 0 Å². The van der Waals surface area contributed by atoms with E-state index < -0.39 is 0 Å². The highest BCUT2D eigenvalue weighted by molar-refractivity contribution is 4.99. The Morgan fingerprint density at radius 2 is 2.00 bits per heavy atom. The second-order valence-electron chi connectivity index (χ2n) is 7.50. The van der Waals surface area contributed by atoms with E-state index in [1.807, 2.05) is 6.07 Å². The molecule has 0 spiro atoms. The van der Waals surface area contributed by atoms with Gasteiger partial charge in [0.25, 0.3) is 0 Å². The summed E-state index contributed by atoms with van der Waals surface area (Å²) in [6.07, 6.45) is 3.46. The molecule has 3 saturated heterocycles. The molecule has 5 heteroatoms. The molecule has 0 radical (unpaired) electrons. The third-order valence-corrected chi connectivity index (χ3v) is 5.89. The third-order valence-electron chi connectivity index (χ3n) is 5.89. The van der Waals surface area contributed by atoms with Crippen LogP contribution in [-0.2, 0) is 11.3 Å². The first-order valence-corrected chi connectivity index (χ1v) is 9.05. The van der Waals surface area contributed by atoms with Crippen LogP contribution in [0, 0.1) is 11.8 Å². The highest BCUT2D eigenvalue weighted by Gasteiger charge is 2.41. The summed E-state index contributed by atoms with van der Waals surface area (Å²) in [5.74, 6) is 2.54. The van der Waals surface area contributed by atoms with Crippen molar-refractivity contribution in [3.8, 4) is 0 Å². The molecule has 0 aliphatic carbocycles. The normalized spacial score (nSPS) is 33.9. The van der Waals surface area contributed by atoms with Gasteiger partial charge in [-0.2, -0.15) is 0 Å². The number of ether oxygens (including phenoxy) is 1. The summed E-state index contributed by atoms with van der Waals surface area (Å²) in [5.41, 5.74) is 0. The average molecular weight is 319 g/mol. The Balaban J connectivity index is 1.33. The van der Waals surface area contributed by atoms with Crippen molar-refractivity contribution in [2.75, 3.05) is 59.5 Å². The maximum absolute atomic E-state index is 6.21. The minimum absolute atomic E-state index is 0.419. The number of piperazine rings is 1. The van der Waals surface area contributed by atoms with Crippen molar-refractivity contribution in [1.29, 1.82) is 0 Å². The SMILES string of the molecule is CN1CCN(C[C@H]2OC[C@H]3CCN(Cc4ccco4)C[C@H]32)CC1. The molecule has 1 aromatic rings. The van der Waals surface area contributed by atoms with Crippen molar-refractivity contribution in [2.24, 2.45) is 11.8 Å². The lowest BCUT2D eigenvalue weighted by atomic mass is 9.84. The minimum Gasteiger partial charge on any atom is -0.468 e. The van der Waals surface area contributed by atoms with Crippen LogP contribution in [0.25, 0.3) is 0 Å². The maximum atomic E-state index is 6.21. The van der Waals surface area contributed by atoms with Crippen LogP contribution in [0.3, 0.4) is 0 Å². The van der Waals surface area contributed by atoms with Gasteiger partial charge < -0.3 is 14.1 Å². The molecule has 5 nitrogen and oxygen atoms in total. The van der Waals surface area contributed by atoms with Crippen LogP contribution in [0.5, 0.6) is 0 Å². The first kappa shape index (κ1) is 15.6. The summed E-state index contributed by atoms with van der Waals surface area (Å²) in [6, 6.07) is 4.07. The minimum atomic E-state index is 0.419. The first-order chi connectivity index (χ1) is 11.3. The molecule has 23 heavy (non-hydrogen) atoms. The third kappa shape index (κ3) is 3.63. The highest BCUT2D eigenvalue weighted by Crippen LogP contribution is 2.35. The second kappa shape index (κ2) is 6.93. The van der Waals surface area contributed by atoms with E-state index in [1.165, 1.54) is 39.1 Å². The lowest BCUT2D eigenvalue weighted by molar-refractivity contribution is 0.0290. The zero-order valence-electron chi connectivity index (χ0n) is 14.2. The predicted molar refractivity (Wildman–Crippen MR) is 89.3 cm³/mol. The molecule has 0 N–H and O–H groups in total. The fourth-order valence-corrected chi connectivity index (χ4v) is 4.34. The number of likely N-dealkylation sites (tertiary alicyclic amines) is 1. The van der Waals surface area contributed by atoms with Gasteiger partial charge in [-0.05, 0) is 38.1 Å². The van der Waals surface area contributed by atoms with Crippen molar-refractivity contribution in [2.45, 2.75) is 19.1 Å². The van der Waals surface area contributed by atoms with Gasteiger partial charge in [0.05, 0.1) is 25.5 Å². The Bertz CT molecular complexity index is 484. The number of nitrogens with zero attached hydrogens (tertiary/aromatic N) is 3. The average Bonchev–Trinajstić information content (AvgIpc) is 3.20. The molecule has 0 unspecified atom stereocenters. The Hall–Kier alpha value is -0.880. The molecule has 3 atom stereocenters. The smallest absolute Gasteiger partial charge is 0.117 e. The van der Waals surface area contributed by atoms with E-state index in [1.54, 1.807) is 6.26 Å². The van der Waals surface area contributed by atoms with Gasteiger partial charge in [0, 0.05) is 45.2 Å².